The summed E-state index contributed by atoms with van der Waals surface area (Å²) < 4.78 is 0. The van der Waals surface area contributed by atoms with Crippen molar-refractivity contribution in [3.8, 4) is 16.2 Å². The van der Waals surface area contributed by atoms with E-state index in [0.717, 1.165) is 92.1 Å². The summed E-state index contributed by atoms with van der Waals surface area (Å²) in [6.07, 6.45) is 13.2. The molecule has 5 fully saturated rings. The largest absolute Gasteiger partial charge is 0.507 e. The van der Waals surface area contributed by atoms with Crippen molar-refractivity contribution in [2.75, 3.05) is 37.6 Å². The fraction of sp³-hybridized carbons (Fsp3) is 0.527. The number of para-hydroxylation sites is 1. The number of amides is 3. The number of allylic oxidation sites excluding steroid dienone is 1. The highest BCUT2D eigenvalue weighted by Gasteiger charge is 2.45. The number of hydrogen-bond acceptors (Lipinski definition) is 14. The minimum Gasteiger partial charge on any atom is -0.507 e. The summed E-state index contributed by atoms with van der Waals surface area (Å²) >= 11 is 1.59. The Morgan fingerprint density at radius 3 is 2.16 bits per heavy atom. The monoisotopic (exact) mass is 1010 g/mol. The second-order valence-electron chi connectivity index (χ2n) is 22.0. The van der Waals surface area contributed by atoms with Gasteiger partial charge in [-0.1, -0.05) is 57.2 Å². The number of β-amino-alcohol motifs (C(OH)–C–C–N with tert-alkyl or cyclic N) is 1. The van der Waals surface area contributed by atoms with Gasteiger partial charge >= 0.3 is 0 Å². The van der Waals surface area contributed by atoms with Gasteiger partial charge in [0.25, 0.3) is 0 Å². The number of aryl methyl sites for hydroxylation is 1. The number of likely N-dealkylation sites (tertiary alicyclic amines) is 3. The number of thiazole rings is 1. The minimum absolute atomic E-state index is 0.0171. The van der Waals surface area contributed by atoms with E-state index in [1.807, 2.05) is 69.9 Å². The third-order valence-electron chi connectivity index (χ3n) is 16.0. The smallest absolute Gasteiger partial charge is 0.246 e. The summed E-state index contributed by atoms with van der Waals surface area (Å²) in [6.45, 7) is 11.3. The van der Waals surface area contributed by atoms with Crippen LogP contribution >= 0.6 is 11.3 Å². The van der Waals surface area contributed by atoms with Gasteiger partial charge in [0.15, 0.2) is 0 Å². The van der Waals surface area contributed by atoms with Crippen LogP contribution in [0.4, 0.5) is 5.95 Å². The van der Waals surface area contributed by atoms with E-state index in [0.29, 0.717) is 42.7 Å². The molecule has 2 unspecified atom stereocenters. The molecule has 388 valence electrons. The Balaban J connectivity index is 0.718. The fourth-order valence-electron chi connectivity index (χ4n) is 11.9. The highest BCUT2D eigenvalue weighted by atomic mass is 32.1. The lowest BCUT2D eigenvalue weighted by molar-refractivity contribution is -0.144. The van der Waals surface area contributed by atoms with Crippen molar-refractivity contribution in [3.05, 3.63) is 101 Å². The Labute approximate surface area is 432 Å². The summed E-state index contributed by atoms with van der Waals surface area (Å²) in [5, 5.41) is 44.0. The molecule has 4 saturated heterocycles. The lowest BCUT2D eigenvalue weighted by Gasteiger charge is -2.43. The van der Waals surface area contributed by atoms with Crippen molar-refractivity contribution in [1.29, 1.82) is 10.8 Å². The highest BCUT2D eigenvalue weighted by molar-refractivity contribution is 7.13. The van der Waals surface area contributed by atoms with Gasteiger partial charge in [0.05, 0.1) is 33.6 Å². The molecule has 2 aromatic heterocycles. The predicted octanol–water partition coefficient (Wildman–Crippen LogP) is 6.09. The molecule has 17 nitrogen and oxygen atoms in total. The number of benzene rings is 2. The zero-order valence-corrected chi connectivity index (χ0v) is 43.4. The molecule has 4 aromatic rings. The topological polar surface area (TPSA) is 241 Å². The number of fused-ring (bicyclic) bond motifs is 2. The molecule has 18 heteroatoms. The van der Waals surface area contributed by atoms with Crippen LogP contribution in [0.25, 0.3) is 10.4 Å². The van der Waals surface area contributed by atoms with E-state index in [-0.39, 0.29) is 72.5 Å². The first kappa shape index (κ1) is 51.7. The Morgan fingerprint density at radius 1 is 0.890 bits per heavy atom. The molecule has 8 N–H and O–H groups in total. The van der Waals surface area contributed by atoms with E-state index >= 15 is 0 Å². The number of carbonyl (C=O) groups is 3. The third kappa shape index (κ3) is 11.8. The number of aromatic hydroxyl groups is 1. The number of phenolic OH excluding ortho intramolecular Hbond substituents is 1. The maximum atomic E-state index is 14.3. The molecular formula is C55H72N12O5S. The zero-order valence-electron chi connectivity index (χ0n) is 42.6. The van der Waals surface area contributed by atoms with Crippen LogP contribution in [0.2, 0.25) is 0 Å². The van der Waals surface area contributed by atoms with Crippen LogP contribution in [0, 0.1) is 29.1 Å². The predicted molar refractivity (Wildman–Crippen MR) is 283 cm³/mol. The van der Waals surface area contributed by atoms with Crippen LogP contribution in [0.1, 0.15) is 113 Å². The number of nitrogens with two attached hydrogens (primary N) is 1. The standard InChI is InChI=1S/C55H72N12O5S/c1-33-49(73-32-62-33)37-13-9-35(10-14-37)26-59-52(71)46-24-42(68)31-66(46)53(72)50(55(2,3)4)63-48(70)23-34-11-15-39(16-12-34)64-21-19-36(20-22-64)38-27-60-54(61-28-38)67-40-17-18-41(67)30-65(29-40)45(51(57)58)25-44(56)43-7-5-6-8-47(43)69/h5-10,13-14,25,27-28,32,34,36,39-42,46,50,56,68-69H,11-12,15-24,26,29-31H2,1-4H3,(H3,57,58)(H,59,71)(H,63,70)/b45-25+,56-44?/t34?,39?,40?,41?,42-,46+,50-/m1/s1. The first-order valence-electron chi connectivity index (χ1n) is 26.1. The Morgan fingerprint density at radius 2 is 1.55 bits per heavy atom. The second-order valence-corrected chi connectivity index (χ2v) is 22.9. The van der Waals surface area contributed by atoms with Crippen molar-refractivity contribution < 1.29 is 24.6 Å². The number of anilines is 1. The molecule has 6 heterocycles. The van der Waals surface area contributed by atoms with Crippen LogP contribution in [0.5, 0.6) is 5.75 Å². The molecule has 0 radical (unpaired) electrons. The molecule has 5 atom stereocenters. The van der Waals surface area contributed by atoms with Crippen molar-refractivity contribution in [3.63, 3.8) is 0 Å². The maximum Gasteiger partial charge on any atom is 0.246 e. The number of rotatable bonds is 15. The van der Waals surface area contributed by atoms with E-state index in [1.165, 1.54) is 10.5 Å². The maximum absolute atomic E-state index is 14.3. The van der Waals surface area contributed by atoms with E-state index in [4.69, 9.17) is 26.5 Å². The van der Waals surface area contributed by atoms with Crippen LogP contribution < -0.4 is 21.3 Å². The molecule has 2 bridgehead atoms. The van der Waals surface area contributed by atoms with Gasteiger partial charge in [-0.3, -0.25) is 19.8 Å². The number of aliphatic hydroxyl groups excluding tert-OH is 1. The van der Waals surface area contributed by atoms with Gasteiger partial charge < -0.3 is 51.6 Å². The summed E-state index contributed by atoms with van der Waals surface area (Å²) in [5.41, 5.74) is 12.4. The first-order valence-corrected chi connectivity index (χ1v) is 27.0. The fourth-order valence-corrected chi connectivity index (χ4v) is 12.7. The second kappa shape index (κ2) is 22.1. The number of phenols is 1. The van der Waals surface area contributed by atoms with Gasteiger partial charge in [0.2, 0.25) is 23.7 Å². The molecule has 9 rings (SSSR count). The molecule has 5 aliphatic rings. The highest BCUT2D eigenvalue weighted by Crippen LogP contribution is 2.38. The molecule has 4 aliphatic heterocycles. The third-order valence-corrected chi connectivity index (χ3v) is 17.0. The molecular weight excluding hydrogens is 941 g/mol. The normalized spacial score (nSPS) is 24.3. The molecule has 1 saturated carbocycles. The lowest BCUT2D eigenvalue weighted by atomic mass is 9.81. The summed E-state index contributed by atoms with van der Waals surface area (Å²) in [5.74, 6) is 0.420. The van der Waals surface area contributed by atoms with Crippen LogP contribution in [0.3, 0.4) is 0 Å². The Kier molecular flexibility index (Phi) is 15.6. The number of hydrogen-bond donors (Lipinski definition) is 7. The van der Waals surface area contributed by atoms with Gasteiger partial charge in [-0.05, 0) is 124 Å². The zero-order chi connectivity index (χ0) is 51.6. The quantitative estimate of drug-likeness (QED) is 0.0529. The summed E-state index contributed by atoms with van der Waals surface area (Å²) in [6, 6.07) is 13.8. The van der Waals surface area contributed by atoms with Gasteiger partial charge in [-0.25, -0.2) is 15.0 Å². The van der Waals surface area contributed by atoms with Gasteiger partial charge in [-0.15, -0.1) is 11.3 Å². The molecule has 2 aromatic carbocycles. The van der Waals surface area contributed by atoms with E-state index in [9.17, 15) is 24.6 Å². The van der Waals surface area contributed by atoms with Crippen LogP contribution in [-0.2, 0) is 20.9 Å². The lowest BCUT2D eigenvalue weighted by Crippen LogP contribution is -2.57. The molecule has 1 aliphatic carbocycles. The molecule has 3 amide bonds. The summed E-state index contributed by atoms with van der Waals surface area (Å²) in [7, 11) is 0. The van der Waals surface area contributed by atoms with Crippen molar-refractivity contribution >= 4 is 46.6 Å². The van der Waals surface area contributed by atoms with Crippen LogP contribution in [-0.4, -0.2) is 138 Å². The van der Waals surface area contributed by atoms with Gasteiger partial charge in [-0.2, -0.15) is 0 Å². The van der Waals surface area contributed by atoms with E-state index in [2.05, 4.69) is 30.3 Å². The Bertz CT molecular complexity index is 2660. The van der Waals surface area contributed by atoms with Gasteiger partial charge in [0, 0.05) is 75.1 Å². The summed E-state index contributed by atoms with van der Waals surface area (Å²) in [4.78, 5) is 65.4. The average Bonchev–Trinajstić information content (AvgIpc) is 4.07. The number of nitrogens with zero attached hydrogens (tertiary/aromatic N) is 7. The number of piperazine rings is 1. The first-order chi connectivity index (χ1) is 35.0. The average molecular weight is 1010 g/mol. The molecule has 73 heavy (non-hydrogen) atoms. The van der Waals surface area contributed by atoms with Crippen molar-refractivity contribution in [1.82, 2.24) is 40.3 Å². The van der Waals surface area contributed by atoms with E-state index < -0.39 is 23.6 Å². The number of aromatic nitrogens is 3. The van der Waals surface area contributed by atoms with Crippen molar-refractivity contribution in [2.24, 2.45) is 17.1 Å². The van der Waals surface area contributed by atoms with E-state index in [1.54, 1.807) is 41.7 Å². The van der Waals surface area contributed by atoms with Crippen LogP contribution in [0.15, 0.2) is 78.2 Å². The SMILES string of the molecule is Cc1ncsc1-c1ccc(CNC(=O)[C@@H]2C[C@@H](O)CN2C(=O)[C@@H](NC(=O)CC2CCC(N3CCC(c4cnc(N5C6CCC5CN(/C(=C/C(=N)c5ccccc5O)C(=N)N)C6)nc4)CC3)CC2)C(C)(C)C)cc1. The number of carbonyl (C=O) groups excluding carboxylic acids is 3. The molecule has 0 spiro atoms. The Hall–Kier alpha value is -6.24. The van der Waals surface area contributed by atoms with Crippen molar-refractivity contribution in [2.45, 2.75) is 141 Å². The minimum atomic E-state index is -0.857. The number of piperidine rings is 1. The number of amidine groups is 1. The number of aliphatic hydroxyl groups is 1. The van der Waals surface area contributed by atoms with Gasteiger partial charge in [0.1, 0.15) is 23.7 Å². The number of nitrogens with one attached hydrogen (secondary N) is 4.